The Labute approximate surface area is 287 Å². The average molecular weight is 656 g/mol. The van der Waals surface area contributed by atoms with E-state index < -0.39 is 6.10 Å². The second-order valence-corrected chi connectivity index (χ2v) is 14.0. The van der Waals surface area contributed by atoms with Crippen molar-refractivity contribution in [2.45, 2.75) is 200 Å². The summed E-state index contributed by atoms with van der Waals surface area (Å²) in [6.45, 7) is 7.06. The largest absolute Gasteiger partial charge is 0.394 e. The number of carbonyl (C=O) groups excluding carboxylic acids is 1. The molecule has 6 nitrogen and oxygen atoms in total. The fraction of sp³-hybridized carbons (Fsp3) is 0.975. The molecule has 0 aliphatic carbocycles. The van der Waals surface area contributed by atoms with Gasteiger partial charge in [-0.05, 0) is 32.1 Å². The molecule has 0 aromatic heterocycles. The van der Waals surface area contributed by atoms with E-state index in [4.69, 9.17) is 9.47 Å². The van der Waals surface area contributed by atoms with Gasteiger partial charge >= 0.3 is 0 Å². The summed E-state index contributed by atoms with van der Waals surface area (Å²) >= 11 is 0. The number of aliphatic hydroxyl groups excluding tert-OH is 2. The van der Waals surface area contributed by atoms with E-state index in [0.29, 0.717) is 19.8 Å². The maximum Gasteiger partial charge on any atom is 0.225 e. The molecule has 0 spiro atoms. The molecule has 2 unspecified atom stereocenters. The van der Waals surface area contributed by atoms with Gasteiger partial charge in [0.15, 0.2) is 0 Å². The lowest BCUT2D eigenvalue weighted by Gasteiger charge is -2.29. The highest BCUT2D eigenvalue weighted by Gasteiger charge is 2.25. The summed E-state index contributed by atoms with van der Waals surface area (Å²) in [6, 6.07) is 0. The Bertz CT molecular complexity index is 604. The molecular formula is C40H81NO5. The Morgan fingerprint density at radius 1 is 0.565 bits per heavy atom. The lowest BCUT2D eigenvalue weighted by atomic mass is 9.94. The van der Waals surface area contributed by atoms with Crippen molar-refractivity contribution in [2.75, 3.05) is 46.6 Å². The summed E-state index contributed by atoms with van der Waals surface area (Å²) in [5, 5.41) is 19.5. The number of hydrogen-bond acceptors (Lipinski definition) is 5. The predicted octanol–water partition coefficient (Wildman–Crippen LogP) is 10.4. The molecule has 0 saturated heterocycles. The van der Waals surface area contributed by atoms with E-state index in [0.717, 1.165) is 45.1 Å². The van der Waals surface area contributed by atoms with Crippen molar-refractivity contribution in [3.8, 4) is 0 Å². The number of methoxy groups -OCH3 is 1. The van der Waals surface area contributed by atoms with E-state index in [9.17, 15) is 15.0 Å². The van der Waals surface area contributed by atoms with Gasteiger partial charge in [-0.1, -0.05) is 162 Å². The SMILES string of the molecule is CCCCCCCCCCCCCCCCOCCCC(CCCCCCCCCCCC)C(=O)N(CCCOC)CC(O)CO. The van der Waals surface area contributed by atoms with Crippen LogP contribution in [0, 0.1) is 5.92 Å². The fourth-order valence-electron chi connectivity index (χ4n) is 6.46. The molecule has 46 heavy (non-hydrogen) atoms. The van der Waals surface area contributed by atoms with Crippen LogP contribution in [-0.2, 0) is 14.3 Å². The Morgan fingerprint density at radius 3 is 1.43 bits per heavy atom. The Hall–Kier alpha value is -0.690. The summed E-state index contributed by atoms with van der Waals surface area (Å²) in [5.41, 5.74) is 0. The lowest BCUT2D eigenvalue weighted by molar-refractivity contribution is -0.138. The molecule has 6 heteroatoms. The molecule has 0 aliphatic rings. The van der Waals surface area contributed by atoms with Crippen LogP contribution in [0.1, 0.15) is 194 Å². The third-order valence-electron chi connectivity index (χ3n) is 9.47. The van der Waals surface area contributed by atoms with Gasteiger partial charge in [0.1, 0.15) is 0 Å². The van der Waals surface area contributed by atoms with E-state index in [1.54, 1.807) is 12.0 Å². The average Bonchev–Trinajstić information content (AvgIpc) is 3.06. The van der Waals surface area contributed by atoms with Crippen LogP contribution in [0.3, 0.4) is 0 Å². The zero-order chi connectivity index (χ0) is 33.8. The summed E-state index contributed by atoms with van der Waals surface area (Å²) in [6.07, 6.45) is 34.4. The minimum absolute atomic E-state index is 0.0489. The predicted molar refractivity (Wildman–Crippen MR) is 196 cm³/mol. The molecule has 0 aliphatic heterocycles. The van der Waals surface area contributed by atoms with Gasteiger partial charge in [-0.3, -0.25) is 4.79 Å². The van der Waals surface area contributed by atoms with Crippen molar-refractivity contribution in [2.24, 2.45) is 5.92 Å². The van der Waals surface area contributed by atoms with E-state index >= 15 is 0 Å². The van der Waals surface area contributed by atoms with Gasteiger partial charge in [-0.25, -0.2) is 0 Å². The van der Waals surface area contributed by atoms with Crippen molar-refractivity contribution in [1.82, 2.24) is 4.90 Å². The molecular weight excluding hydrogens is 574 g/mol. The van der Waals surface area contributed by atoms with E-state index in [2.05, 4.69) is 13.8 Å². The van der Waals surface area contributed by atoms with Crippen LogP contribution in [0.2, 0.25) is 0 Å². The van der Waals surface area contributed by atoms with Crippen LogP contribution in [0.25, 0.3) is 0 Å². The van der Waals surface area contributed by atoms with Gasteiger partial charge in [-0.2, -0.15) is 0 Å². The first-order chi connectivity index (χ1) is 22.6. The first-order valence-corrected chi connectivity index (χ1v) is 20.2. The number of carbonyl (C=O) groups is 1. The van der Waals surface area contributed by atoms with Gasteiger partial charge in [0.05, 0.1) is 12.7 Å². The lowest BCUT2D eigenvalue weighted by Crippen LogP contribution is -2.43. The molecule has 0 bridgehead atoms. The molecule has 276 valence electrons. The third kappa shape index (κ3) is 30.6. The Morgan fingerprint density at radius 2 is 0.978 bits per heavy atom. The molecule has 0 fully saturated rings. The highest BCUT2D eigenvalue weighted by molar-refractivity contribution is 5.78. The Kier molecular flexibility index (Phi) is 36.6. The maximum absolute atomic E-state index is 13.6. The van der Waals surface area contributed by atoms with Crippen molar-refractivity contribution < 1.29 is 24.5 Å². The summed E-state index contributed by atoms with van der Waals surface area (Å²) in [7, 11) is 1.67. The van der Waals surface area contributed by atoms with E-state index in [1.807, 2.05) is 0 Å². The van der Waals surface area contributed by atoms with Gasteiger partial charge in [0, 0.05) is 45.9 Å². The second-order valence-electron chi connectivity index (χ2n) is 14.0. The minimum atomic E-state index is -0.905. The number of unbranched alkanes of at least 4 members (excludes halogenated alkanes) is 22. The van der Waals surface area contributed by atoms with Crippen molar-refractivity contribution in [1.29, 1.82) is 0 Å². The van der Waals surface area contributed by atoms with Crippen molar-refractivity contribution >= 4 is 5.91 Å². The molecule has 2 atom stereocenters. The summed E-state index contributed by atoms with van der Waals surface area (Å²) < 4.78 is 11.2. The van der Waals surface area contributed by atoms with Gasteiger partial charge in [0.2, 0.25) is 5.91 Å². The van der Waals surface area contributed by atoms with Gasteiger partial charge in [0.25, 0.3) is 0 Å². The minimum Gasteiger partial charge on any atom is -0.394 e. The van der Waals surface area contributed by atoms with Crippen LogP contribution in [-0.4, -0.2) is 73.8 Å². The summed E-state index contributed by atoms with van der Waals surface area (Å²) in [4.78, 5) is 15.4. The second kappa shape index (κ2) is 37.1. The normalized spacial score (nSPS) is 12.9. The molecule has 1 amide bonds. The monoisotopic (exact) mass is 656 g/mol. The van der Waals surface area contributed by atoms with E-state index in [-0.39, 0.29) is 25.0 Å². The van der Waals surface area contributed by atoms with Crippen molar-refractivity contribution in [3.63, 3.8) is 0 Å². The van der Waals surface area contributed by atoms with Crippen LogP contribution < -0.4 is 0 Å². The van der Waals surface area contributed by atoms with Crippen LogP contribution >= 0.6 is 0 Å². The summed E-state index contributed by atoms with van der Waals surface area (Å²) in [5.74, 6) is 0.0682. The first-order valence-electron chi connectivity index (χ1n) is 20.2. The van der Waals surface area contributed by atoms with E-state index in [1.165, 1.54) is 141 Å². The number of nitrogens with zero attached hydrogens (tertiary/aromatic N) is 1. The molecule has 0 rings (SSSR count). The maximum atomic E-state index is 13.6. The molecule has 0 saturated carbocycles. The fourth-order valence-corrected chi connectivity index (χ4v) is 6.46. The number of ether oxygens (including phenoxy) is 2. The highest BCUT2D eigenvalue weighted by atomic mass is 16.5. The number of rotatable bonds is 38. The van der Waals surface area contributed by atoms with Crippen molar-refractivity contribution in [3.05, 3.63) is 0 Å². The van der Waals surface area contributed by atoms with Crippen LogP contribution in [0.4, 0.5) is 0 Å². The first kappa shape index (κ1) is 45.3. The Balaban J connectivity index is 4.29. The standard InChI is InChI=1S/C40H81NO5/c1-4-6-8-10-12-14-16-17-18-19-21-23-25-27-34-46-35-28-31-38(30-26-24-22-20-15-13-11-9-7-5-2)40(44)41(32-29-33-45-3)36-39(43)37-42/h38-39,42-43H,4-37H2,1-3H3. The number of aliphatic hydroxyl groups is 2. The van der Waals surface area contributed by atoms with Crippen LogP contribution in [0.5, 0.6) is 0 Å². The van der Waals surface area contributed by atoms with Gasteiger partial charge in [-0.15, -0.1) is 0 Å². The molecule has 0 heterocycles. The van der Waals surface area contributed by atoms with Gasteiger partial charge < -0.3 is 24.6 Å². The molecule has 0 radical (unpaired) electrons. The molecule has 0 aromatic rings. The molecule has 0 aromatic carbocycles. The smallest absolute Gasteiger partial charge is 0.225 e. The third-order valence-corrected chi connectivity index (χ3v) is 9.47. The number of amides is 1. The zero-order valence-corrected chi connectivity index (χ0v) is 31.3. The topological polar surface area (TPSA) is 79.2 Å². The molecule has 2 N–H and O–H groups in total. The van der Waals surface area contributed by atoms with Crippen LogP contribution in [0.15, 0.2) is 0 Å². The highest BCUT2D eigenvalue weighted by Crippen LogP contribution is 2.21. The number of hydrogen-bond donors (Lipinski definition) is 2. The zero-order valence-electron chi connectivity index (χ0n) is 31.3. The quantitative estimate of drug-likeness (QED) is 0.0647.